The van der Waals surface area contributed by atoms with Crippen LogP contribution in [0.1, 0.15) is 34.5 Å². The van der Waals surface area contributed by atoms with Gasteiger partial charge in [-0.05, 0) is 42.8 Å². The lowest BCUT2D eigenvalue weighted by atomic mass is 10.1. The van der Waals surface area contributed by atoms with E-state index in [9.17, 15) is 17.6 Å². The van der Waals surface area contributed by atoms with Crippen molar-refractivity contribution in [3.63, 3.8) is 0 Å². The highest BCUT2D eigenvalue weighted by Gasteiger charge is 2.17. The molecule has 1 amide bonds. The van der Waals surface area contributed by atoms with Crippen molar-refractivity contribution in [3.8, 4) is 12.3 Å². The topological polar surface area (TPSA) is 66.5 Å². The van der Waals surface area contributed by atoms with E-state index in [-0.39, 0.29) is 17.4 Å². The first-order chi connectivity index (χ1) is 12.1. The molecule has 0 aliphatic heterocycles. The number of anilines is 1. The molecule has 2 aromatic rings. The van der Waals surface area contributed by atoms with Gasteiger partial charge in [0.1, 0.15) is 5.82 Å². The Labute approximate surface area is 152 Å². The maximum atomic E-state index is 13.0. The normalized spacial score (nSPS) is 12.1. The van der Waals surface area contributed by atoms with Gasteiger partial charge in [0.05, 0.1) is 18.0 Å². The van der Waals surface area contributed by atoms with E-state index < -0.39 is 15.9 Å². The van der Waals surface area contributed by atoms with E-state index >= 15 is 0 Å². The average molecular weight is 374 g/mol. The Balaban J connectivity index is 2.30. The second-order valence-electron chi connectivity index (χ2n) is 5.89. The Hall–Kier alpha value is -2.85. The fourth-order valence-corrected chi connectivity index (χ4v) is 2.80. The second kappa shape index (κ2) is 7.58. The van der Waals surface area contributed by atoms with E-state index in [1.54, 1.807) is 19.1 Å². The van der Waals surface area contributed by atoms with E-state index in [2.05, 4.69) is 11.2 Å². The first-order valence-corrected chi connectivity index (χ1v) is 9.58. The van der Waals surface area contributed by atoms with Gasteiger partial charge in [-0.2, -0.15) is 0 Å². The molecular weight excluding hydrogens is 355 g/mol. The van der Waals surface area contributed by atoms with Gasteiger partial charge in [-0.3, -0.25) is 9.10 Å². The van der Waals surface area contributed by atoms with Crippen molar-refractivity contribution in [1.82, 2.24) is 5.32 Å². The van der Waals surface area contributed by atoms with Gasteiger partial charge >= 0.3 is 0 Å². The van der Waals surface area contributed by atoms with Crippen molar-refractivity contribution in [2.24, 2.45) is 0 Å². The lowest BCUT2D eigenvalue weighted by molar-refractivity contribution is 0.0940. The summed E-state index contributed by atoms with van der Waals surface area (Å²) in [5.74, 6) is 1.64. The molecule has 7 heteroatoms. The number of sulfonamides is 1. The predicted molar refractivity (Wildman–Crippen MR) is 99.9 cm³/mol. The molecule has 0 aliphatic rings. The molecule has 1 atom stereocenters. The minimum Gasteiger partial charge on any atom is -0.346 e. The van der Waals surface area contributed by atoms with E-state index in [4.69, 9.17) is 6.42 Å². The SMILES string of the molecule is C#Cc1cc(C(=O)N[C@H](C)c2ccc(F)cc2)cc(N(C)S(C)(=O)=O)c1. The van der Waals surface area contributed by atoms with Crippen molar-refractivity contribution < 1.29 is 17.6 Å². The van der Waals surface area contributed by atoms with Gasteiger partial charge in [-0.25, -0.2) is 12.8 Å². The van der Waals surface area contributed by atoms with E-state index in [0.29, 0.717) is 11.3 Å². The van der Waals surface area contributed by atoms with Crippen LogP contribution in [-0.4, -0.2) is 27.6 Å². The van der Waals surface area contributed by atoms with Crippen LogP contribution in [0.5, 0.6) is 0 Å². The molecule has 136 valence electrons. The predicted octanol–water partition coefficient (Wildman–Crippen LogP) is 2.69. The van der Waals surface area contributed by atoms with Crippen LogP contribution in [0.4, 0.5) is 10.1 Å². The van der Waals surface area contributed by atoms with Gasteiger partial charge in [0.15, 0.2) is 0 Å². The molecule has 2 aromatic carbocycles. The van der Waals surface area contributed by atoms with Gasteiger partial charge in [-0.15, -0.1) is 6.42 Å². The lowest BCUT2D eigenvalue weighted by Crippen LogP contribution is -2.28. The molecule has 0 unspecified atom stereocenters. The summed E-state index contributed by atoms with van der Waals surface area (Å²) in [6, 6.07) is 9.91. The molecule has 0 bridgehead atoms. The van der Waals surface area contributed by atoms with Crippen molar-refractivity contribution in [1.29, 1.82) is 0 Å². The first-order valence-electron chi connectivity index (χ1n) is 7.73. The molecule has 2 rings (SSSR count). The highest BCUT2D eigenvalue weighted by atomic mass is 32.2. The fraction of sp³-hybridized carbons (Fsp3) is 0.211. The van der Waals surface area contributed by atoms with Crippen LogP contribution in [0.15, 0.2) is 42.5 Å². The van der Waals surface area contributed by atoms with Crippen molar-refractivity contribution in [2.45, 2.75) is 13.0 Å². The Morgan fingerprint density at radius 2 is 1.85 bits per heavy atom. The Kier molecular flexibility index (Phi) is 5.68. The molecule has 0 radical (unpaired) electrons. The molecule has 0 fully saturated rings. The quantitative estimate of drug-likeness (QED) is 0.819. The molecule has 1 N–H and O–H groups in total. The summed E-state index contributed by atoms with van der Waals surface area (Å²) in [4.78, 5) is 12.6. The summed E-state index contributed by atoms with van der Waals surface area (Å²) in [5.41, 5.74) is 1.65. The molecule has 0 aromatic heterocycles. The number of hydrogen-bond donors (Lipinski definition) is 1. The summed E-state index contributed by atoms with van der Waals surface area (Å²) in [6.45, 7) is 1.76. The number of carbonyl (C=O) groups is 1. The maximum absolute atomic E-state index is 13.0. The Morgan fingerprint density at radius 1 is 1.23 bits per heavy atom. The van der Waals surface area contributed by atoms with Gasteiger partial charge in [0.2, 0.25) is 10.0 Å². The van der Waals surface area contributed by atoms with Crippen LogP contribution in [0.3, 0.4) is 0 Å². The number of amides is 1. The highest BCUT2D eigenvalue weighted by Crippen LogP contribution is 2.21. The third kappa shape index (κ3) is 4.61. The fourth-order valence-electron chi connectivity index (χ4n) is 2.31. The standard InChI is InChI=1S/C19H19FN2O3S/c1-5-14-10-16(12-18(11-14)22(3)26(4,24)25)19(23)21-13(2)15-6-8-17(20)9-7-15/h1,6-13H,2-4H3,(H,21,23)/t13-/m1/s1. The van der Waals surface area contributed by atoms with Gasteiger partial charge in [-0.1, -0.05) is 18.1 Å². The highest BCUT2D eigenvalue weighted by molar-refractivity contribution is 7.92. The number of nitrogens with one attached hydrogen (secondary N) is 1. The van der Waals surface area contributed by atoms with Crippen LogP contribution in [0, 0.1) is 18.2 Å². The van der Waals surface area contributed by atoms with Crippen LogP contribution < -0.4 is 9.62 Å². The summed E-state index contributed by atoms with van der Waals surface area (Å²) in [5, 5.41) is 2.79. The van der Waals surface area contributed by atoms with Crippen LogP contribution in [0.25, 0.3) is 0 Å². The average Bonchev–Trinajstić information content (AvgIpc) is 2.60. The summed E-state index contributed by atoms with van der Waals surface area (Å²) in [6.07, 6.45) is 6.48. The Morgan fingerprint density at radius 3 is 2.38 bits per heavy atom. The van der Waals surface area contributed by atoms with Gasteiger partial charge < -0.3 is 5.32 Å². The third-order valence-corrected chi connectivity index (χ3v) is 5.13. The monoisotopic (exact) mass is 374 g/mol. The van der Waals surface area contributed by atoms with Crippen molar-refractivity contribution in [2.75, 3.05) is 17.6 Å². The molecule has 0 saturated carbocycles. The first kappa shape index (κ1) is 19.5. The zero-order valence-corrected chi connectivity index (χ0v) is 15.5. The van der Waals surface area contributed by atoms with Gasteiger partial charge in [0, 0.05) is 18.2 Å². The molecule has 0 spiro atoms. The zero-order chi connectivity index (χ0) is 19.5. The second-order valence-corrected chi connectivity index (χ2v) is 7.90. The number of rotatable bonds is 5. The van der Waals surface area contributed by atoms with E-state index in [1.165, 1.54) is 37.4 Å². The number of hydrogen-bond acceptors (Lipinski definition) is 3. The molecule has 5 nitrogen and oxygen atoms in total. The van der Waals surface area contributed by atoms with Gasteiger partial charge in [0.25, 0.3) is 5.91 Å². The smallest absolute Gasteiger partial charge is 0.251 e. The van der Waals surface area contributed by atoms with Crippen LogP contribution in [-0.2, 0) is 10.0 Å². The summed E-state index contributed by atoms with van der Waals surface area (Å²) >= 11 is 0. The number of halogens is 1. The van der Waals surface area contributed by atoms with Crippen molar-refractivity contribution in [3.05, 3.63) is 65.0 Å². The molecular formula is C19H19FN2O3S. The maximum Gasteiger partial charge on any atom is 0.251 e. The molecule has 0 aliphatic carbocycles. The van der Waals surface area contributed by atoms with E-state index in [0.717, 1.165) is 16.1 Å². The van der Waals surface area contributed by atoms with E-state index in [1.807, 2.05) is 0 Å². The number of terminal acetylenes is 1. The molecule has 26 heavy (non-hydrogen) atoms. The molecule has 0 saturated heterocycles. The Bertz CT molecular complexity index is 963. The molecule has 0 heterocycles. The zero-order valence-electron chi connectivity index (χ0n) is 14.7. The minimum absolute atomic E-state index is 0.236. The van der Waals surface area contributed by atoms with Crippen LogP contribution >= 0.6 is 0 Å². The van der Waals surface area contributed by atoms with Crippen LogP contribution in [0.2, 0.25) is 0 Å². The third-order valence-electron chi connectivity index (χ3n) is 3.93. The number of nitrogens with zero attached hydrogens (tertiary/aromatic N) is 1. The lowest BCUT2D eigenvalue weighted by Gasteiger charge is -2.19. The van der Waals surface area contributed by atoms with Crippen molar-refractivity contribution >= 4 is 21.6 Å². The minimum atomic E-state index is -3.50. The largest absolute Gasteiger partial charge is 0.346 e. The summed E-state index contributed by atoms with van der Waals surface area (Å²) < 4.78 is 37.6. The number of benzene rings is 2. The summed E-state index contributed by atoms with van der Waals surface area (Å²) in [7, 11) is -2.11. The number of carbonyl (C=O) groups excluding carboxylic acids is 1.